The van der Waals surface area contributed by atoms with Gasteiger partial charge in [-0.2, -0.15) is 17.0 Å². The minimum absolute atomic E-state index is 0.148. The summed E-state index contributed by atoms with van der Waals surface area (Å²) in [6.07, 6.45) is 7.05. The van der Waals surface area contributed by atoms with Gasteiger partial charge in [-0.15, -0.1) is 11.3 Å². The Labute approximate surface area is 171 Å². The van der Waals surface area contributed by atoms with E-state index in [-0.39, 0.29) is 6.04 Å². The predicted octanol–water partition coefficient (Wildman–Crippen LogP) is 2.94. The summed E-state index contributed by atoms with van der Waals surface area (Å²) < 4.78 is 29.5. The lowest BCUT2D eigenvalue weighted by Crippen LogP contribution is -2.54. The zero-order chi connectivity index (χ0) is 19.9. The molecule has 4 rings (SSSR count). The molecule has 0 radical (unpaired) electrons. The van der Waals surface area contributed by atoms with E-state index in [2.05, 4.69) is 28.7 Å². The lowest BCUT2D eigenvalue weighted by Gasteiger charge is -2.39. The number of nitrogens with zero attached hydrogens (tertiary/aromatic N) is 5. The van der Waals surface area contributed by atoms with Gasteiger partial charge < -0.3 is 4.90 Å². The second-order valence-corrected chi connectivity index (χ2v) is 11.1. The number of aromatic nitrogens is 2. The van der Waals surface area contributed by atoms with Gasteiger partial charge >= 0.3 is 0 Å². The third kappa shape index (κ3) is 3.53. The summed E-state index contributed by atoms with van der Waals surface area (Å²) in [6.45, 7) is 6.51. The van der Waals surface area contributed by atoms with Crippen LogP contribution in [0.2, 0.25) is 0 Å². The molecule has 28 heavy (non-hydrogen) atoms. The second kappa shape index (κ2) is 7.85. The summed E-state index contributed by atoms with van der Waals surface area (Å²) in [7, 11) is -1.65. The number of hydrogen-bond acceptors (Lipinski definition) is 6. The fourth-order valence-electron chi connectivity index (χ4n) is 4.35. The van der Waals surface area contributed by atoms with Gasteiger partial charge in [-0.1, -0.05) is 19.3 Å². The number of hydrogen-bond donors (Lipinski definition) is 0. The van der Waals surface area contributed by atoms with E-state index in [0.717, 1.165) is 41.7 Å². The van der Waals surface area contributed by atoms with Crippen LogP contribution in [0.25, 0.3) is 10.2 Å². The quantitative estimate of drug-likeness (QED) is 0.756. The maximum Gasteiger partial charge on any atom is 0.282 e. The molecule has 154 valence electrons. The van der Waals surface area contributed by atoms with E-state index in [9.17, 15) is 8.42 Å². The molecule has 0 amide bonds. The first-order valence-electron chi connectivity index (χ1n) is 10.1. The molecule has 0 atom stereocenters. The van der Waals surface area contributed by atoms with Crippen LogP contribution in [0.5, 0.6) is 0 Å². The van der Waals surface area contributed by atoms with Crippen LogP contribution >= 0.6 is 11.3 Å². The van der Waals surface area contributed by atoms with Gasteiger partial charge in [0.15, 0.2) is 0 Å². The molecular formula is C19H29N5O2S2. The largest absolute Gasteiger partial charge is 0.353 e. The van der Waals surface area contributed by atoms with Gasteiger partial charge in [-0.25, -0.2) is 9.97 Å². The van der Waals surface area contributed by atoms with E-state index in [0.29, 0.717) is 26.2 Å². The highest BCUT2D eigenvalue weighted by Gasteiger charge is 2.35. The van der Waals surface area contributed by atoms with Gasteiger partial charge in [-0.05, 0) is 32.3 Å². The molecule has 9 heteroatoms. The minimum Gasteiger partial charge on any atom is -0.353 e. The summed E-state index contributed by atoms with van der Waals surface area (Å²) >= 11 is 1.69. The standard InChI is InChI=1S/C19H29N5O2S2/c1-14-15(2)27-19-17(14)18(20-13-21-19)23-9-11-24(12-10-23)28(25,26)22(3)16-7-5-4-6-8-16/h13,16H,4-12H2,1-3H3. The maximum absolute atomic E-state index is 13.1. The fraction of sp³-hybridized carbons (Fsp3) is 0.684. The first-order chi connectivity index (χ1) is 13.4. The third-order valence-corrected chi connectivity index (χ3v) is 9.42. The van der Waals surface area contributed by atoms with E-state index in [4.69, 9.17) is 0 Å². The van der Waals surface area contributed by atoms with Gasteiger partial charge in [0.2, 0.25) is 0 Å². The summed E-state index contributed by atoms with van der Waals surface area (Å²) in [5.41, 5.74) is 1.22. The molecule has 2 aliphatic rings. The first-order valence-corrected chi connectivity index (χ1v) is 12.3. The van der Waals surface area contributed by atoms with E-state index in [1.54, 1.807) is 33.3 Å². The Bertz CT molecular complexity index is 945. The molecule has 2 aromatic rings. The molecule has 0 unspecified atom stereocenters. The Morgan fingerprint density at radius 2 is 1.75 bits per heavy atom. The zero-order valence-electron chi connectivity index (χ0n) is 16.9. The molecule has 2 fully saturated rings. The van der Waals surface area contributed by atoms with Crippen molar-refractivity contribution in [3.05, 3.63) is 16.8 Å². The molecule has 1 aliphatic carbocycles. The normalized spacial score (nSPS) is 20.4. The van der Waals surface area contributed by atoms with Gasteiger partial charge in [0.25, 0.3) is 10.2 Å². The van der Waals surface area contributed by atoms with Gasteiger partial charge in [0, 0.05) is 44.1 Å². The first kappa shape index (κ1) is 20.0. The van der Waals surface area contributed by atoms with Crippen molar-refractivity contribution in [3.63, 3.8) is 0 Å². The molecule has 7 nitrogen and oxygen atoms in total. The van der Waals surface area contributed by atoms with Crippen molar-refractivity contribution in [1.29, 1.82) is 0 Å². The fourth-order valence-corrected chi connectivity index (χ4v) is 6.92. The topological polar surface area (TPSA) is 69.6 Å². The molecule has 1 saturated heterocycles. The SMILES string of the molecule is Cc1sc2ncnc(N3CCN(S(=O)(=O)N(C)C4CCCCC4)CC3)c2c1C. The Kier molecular flexibility index (Phi) is 5.61. The molecule has 0 N–H and O–H groups in total. The van der Waals surface area contributed by atoms with Crippen molar-refractivity contribution in [2.24, 2.45) is 0 Å². The van der Waals surface area contributed by atoms with Crippen molar-refractivity contribution >= 4 is 37.6 Å². The highest BCUT2D eigenvalue weighted by atomic mass is 32.2. The number of aryl methyl sites for hydroxylation is 2. The number of rotatable bonds is 4. The third-order valence-electron chi connectivity index (χ3n) is 6.26. The molecule has 0 bridgehead atoms. The Morgan fingerprint density at radius 1 is 1.07 bits per heavy atom. The van der Waals surface area contributed by atoms with Crippen molar-refractivity contribution in [2.45, 2.75) is 52.0 Å². The summed E-state index contributed by atoms with van der Waals surface area (Å²) in [5.74, 6) is 0.935. The monoisotopic (exact) mass is 423 g/mol. The zero-order valence-corrected chi connectivity index (χ0v) is 18.5. The number of piperazine rings is 1. The second-order valence-electron chi connectivity index (χ2n) is 7.86. The highest BCUT2D eigenvalue weighted by molar-refractivity contribution is 7.86. The van der Waals surface area contributed by atoms with Crippen LogP contribution in [-0.4, -0.2) is 66.3 Å². The summed E-state index contributed by atoms with van der Waals surface area (Å²) in [4.78, 5) is 13.4. The van der Waals surface area contributed by atoms with Crippen molar-refractivity contribution < 1.29 is 8.42 Å². The average Bonchev–Trinajstić information content (AvgIpc) is 3.02. The molecule has 0 aromatic carbocycles. The summed E-state index contributed by atoms with van der Waals surface area (Å²) in [5, 5.41) is 1.11. The Morgan fingerprint density at radius 3 is 2.43 bits per heavy atom. The Hall–Kier alpha value is -1.29. The molecular weight excluding hydrogens is 394 g/mol. The average molecular weight is 424 g/mol. The molecule has 1 aliphatic heterocycles. The number of fused-ring (bicyclic) bond motifs is 1. The number of thiophene rings is 1. The van der Waals surface area contributed by atoms with Crippen LogP contribution in [0.3, 0.4) is 0 Å². The number of anilines is 1. The van der Waals surface area contributed by atoms with Crippen LogP contribution in [-0.2, 0) is 10.2 Å². The van der Waals surface area contributed by atoms with Gasteiger partial charge in [-0.3, -0.25) is 0 Å². The highest BCUT2D eigenvalue weighted by Crippen LogP contribution is 2.34. The molecule has 2 aromatic heterocycles. The molecule has 1 saturated carbocycles. The van der Waals surface area contributed by atoms with Crippen LogP contribution in [0.15, 0.2) is 6.33 Å². The molecule has 3 heterocycles. The lowest BCUT2D eigenvalue weighted by molar-refractivity contribution is 0.259. The van der Waals surface area contributed by atoms with Gasteiger partial charge in [0.1, 0.15) is 17.0 Å². The van der Waals surface area contributed by atoms with Gasteiger partial charge in [0.05, 0.1) is 5.39 Å². The minimum atomic E-state index is -3.40. The van der Waals surface area contributed by atoms with Crippen LogP contribution in [0.4, 0.5) is 5.82 Å². The van der Waals surface area contributed by atoms with E-state index < -0.39 is 10.2 Å². The summed E-state index contributed by atoms with van der Waals surface area (Å²) in [6, 6.07) is 0.148. The van der Waals surface area contributed by atoms with Crippen molar-refractivity contribution in [2.75, 3.05) is 38.1 Å². The Balaban J connectivity index is 1.49. The maximum atomic E-state index is 13.1. The lowest BCUT2D eigenvalue weighted by atomic mass is 9.96. The smallest absolute Gasteiger partial charge is 0.282 e. The van der Waals surface area contributed by atoms with E-state index in [1.807, 2.05) is 0 Å². The van der Waals surface area contributed by atoms with Crippen LogP contribution in [0, 0.1) is 13.8 Å². The van der Waals surface area contributed by atoms with Crippen LogP contribution in [0.1, 0.15) is 42.5 Å². The van der Waals surface area contributed by atoms with Crippen molar-refractivity contribution in [3.8, 4) is 0 Å². The van der Waals surface area contributed by atoms with E-state index in [1.165, 1.54) is 16.9 Å². The van der Waals surface area contributed by atoms with Crippen LogP contribution < -0.4 is 4.90 Å². The molecule has 0 spiro atoms. The van der Waals surface area contributed by atoms with E-state index >= 15 is 0 Å². The van der Waals surface area contributed by atoms with Crippen molar-refractivity contribution in [1.82, 2.24) is 18.6 Å². The predicted molar refractivity (Wildman–Crippen MR) is 114 cm³/mol.